The Morgan fingerprint density at radius 2 is 1.88 bits per heavy atom. The Kier molecular flexibility index (Phi) is 7.05. The minimum atomic E-state index is -0.532. The first kappa shape index (κ1) is 23.3. The first-order valence-corrected chi connectivity index (χ1v) is 11.9. The lowest BCUT2D eigenvalue weighted by atomic mass is 9.98. The summed E-state index contributed by atoms with van der Waals surface area (Å²) in [7, 11) is 0. The highest BCUT2D eigenvalue weighted by Crippen LogP contribution is 2.39. The highest BCUT2D eigenvalue weighted by Gasteiger charge is 2.42. The van der Waals surface area contributed by atoms with Gasteiger partial charge in [0.2, 0.25) is 5.76 Å². The minimum Gasteiger partial charge on any atom is -0.494 e. The Hall–Kier alpha value is -2.83. The van der Waals surface area contributed by atoms with E-state index in [2.05, 4.69) is 18.7 Å². The number of carbonyl (C=O) groups excluding carboxylic acids is 1. The van der Waals surface area contributed by atoms with Gasteiger partial charge in [0, 0.05) is 17.6 Å². The molecule has 7 heteroatoms. The molecular formula is C26H29ClN2O4. The lowest BCUT2D eigenvalue weighted by Gasteiger charge is -2.26. The van der Waals surface area contributed by atoms with Crippen LogP contribution in [0.3, 0.4) is 0 Å². The summed E-state index contributed by atoms with van der Waals surface area (Å²) < 4.78 is 11.6. The lowest BCUT2D eigenvalue weighted by molar-refractivity contribution is 0.0720. The Bertz CT molecular complexity index is 1220. The third kappa shape index (κ3) is 4.50. The van der Waals surface area contributed by atoms with Crippen LogP contribution in [-0.2, 0) is 0 Å². The predicted molar refractivity (Wildman–Crippen MR) is 130 cm³/mol. The third-order valence-corrected chi connectivity index (χ3v) is 6.42. The molecule has 33 heavy (non-hydrogen) atoms. The molecule has 1 amide bonds. The van der Waals surface area contributed by atoms with Crippen LogP contribution in [0.4, 0.5) is 0 Å². The zero-order valence-corrected chi connectivity index (χ0v) is 20.0. The van der Waals surface area contributed by atoms with Gasteiger partial charge in [-0.15, -0.1) is 0 Å². The lowest BCUT2D eigenvalue weighted by Crippen LogP contribution is -2.33. The summed E-state index contributed by atoms with van der Waals surface area (Å²) in [6.07, 6.45) is 0.792. The number of nitrogens with zero attached hydrogens (tertiary/aromatic N) is 2. The Morgan fingerprint density at radius 3 is 2.58 bits per heavy atom. The summed E-state index contributed by atoms with van der Waals surface area (Å²) in [5, 5.41) is 0.991. The van der Waals surface area contributed by atoms with Crippen LogP contribution in [0.25, 0.3) is 11.0 Å². The standard InChI is InChI=1S/C26H29ClN2O4/c1-4-28(5-2)13-8-14-29-23(17-9-7-10-18(27)15-17)22-24(30)20-12-11-19(32-6-3)16-21(20)33-25(22)26(29)31/h7,9-12,15-16,23H,4-6,8,13-14H2,1-3H3. The molecule has 0 saturated carbocycles. The van der Waals surface area contributed by atoms with Crippen LogP contribution in [0, 0.1) is 0 Å². The number of hydrogen-bond donors (Lipinski definition) is 0. The quantitative estimate of drug-likeness (QED) is 0.436. The normalized spacial score (nSPS) is 15.5. The van der Waals surface area contributed by atoms with E-state index in [0.29, 0.717) is 40.5 Å². The molecule has 6 nitrogen and oxygen atoms in total. The molecule has 4 rings (SSSR count). The van der Waals surface area contributed by atoms with E-state index in [-0.39, 0.29) is 17.1 Å². The number of hydrogen-bond acceptors (Lipinski definition) is 5. The van der Waals surface area contributed by atoms with Gasteiger partial charge in [-0.05, 0) is 62.8 Å². The highest BCUT2D eigenvalue weighted by atomic mass is 35.5. The molecule has 2 aromatic carbocycles. The molecule has 0 fully saturated rings. The average molecular weight is 469 g/mol. The van der Waals surface area contributed by atoms with Crippen molar-refractivity contribution < 1.29 is 13.9 Å². The smallest absolute Gasteiger partial charge is 0.290 e. The molecule has 174 valence electrons. The van der Waals surface area contributed by atoms with Gasteiger partial charge in [-0.3, -0.25) is 9.59 Å². The number of carbonyl (C=O) groups is 1. The molecule has 2 heterocycles. The number of rotatable bonds is 9. The van der Waals surface area contributed by atoms with Gasteiger partial charge in [0.15, 0.2) is 5.43 Å². The van der Waals surface area contributed by atoms with E-state index in [1.54, 1.807) is 29.2 Å². The largest absolute Gasteiger partial charge is 0.494 e. The zero-order chi connectivity index (χ0) is 23.5. The number of benzene rings is 2. The fourth-order valence-corrected chi connectivity index (χ4v) is 4.71. The third-order valence-electron chi connectivity index (χ3n) is 6.18. The summed E-state index contributed by atoms with van der Waals surface area (Å²) in [6.45, 7) is 9.92. The Balaban J connectivity index is 1.80. The van der Waals surface area contributed by atoms with E-state index < -0.39 is 6.04 Å². The number of ether oxygens (including phenoxy) is 1. The SMILES string of the molecule is CCOc1ccc2c(=O)c3c(oc2c1)C(=O)N(CCCN(CC)CC)C3c1cccc(Cl)c1. The van der Waals surface area contributed by atoms with E-state index >= 15 is 0 Å². The van der Waals surface area contributed by atoms with E-state index in [1.165, 1.54) is 0 Å². The summed E-state index contributed by atoms with van der Waals surface area (Å²) in [5.41, 5.74) is 1.34. The van der Waals surface area contributed by atoms with Gasteiger partial charge in [-0.25, -0.2) is 0 Å². The van der Waals surface area contributed by atoms with Crippen LogP contribution in [0.15, 0.2) is 51.7 Å². The van der Waals surface area contributed by atoms with Crippen molar-refractivity contribution in [1.29, 1.82) is 0 Å². The molecule has 1 aliphatic rings. The summed E-state index contributed by atoms with van der Waals surface area (Å²) in [6, 6.07) is 11.9. The van der Waals surface area contributed by atoms with Crippen molar-refractivity contribution >= 4 is 28.5 Å². The molecule has 0 spiro atoms. The van der Waals surface area contributed by atoms with Gasteiger partial charge < -0.3 is 19.0 Å². The zero-order valence-electron chi connectivity index (χ0n) is 19.3. The van der Waals surface area contributed by atoms with Crippen molar-refractivity contribution in [1.82, 2.24) is 9.80 Å². The predicted octanol–water partition coefficient (Wildman–Crippen LogP) is 5.12. The minimum absolute atomic E-state index is 0.106. The van der Waals surface area contributed by atoms with Gasteiger partial charge in [-0.2, -0.15) is 0 Å². The van der Waals surface area contributed by atoms with Crippen molar-refractivity contribution in [3.05, 3.63) is 74.6 Å². The molecule has 1 aliphatic heterocycles. The monoisotopic (exact) mass is 468 g/mol. The van der Waals surface area contributed by atoms with Gasteiger partial charge in [-0.1, -0.05) is 37.6 Å². The number of amides is 1. The highest BCUT2D eigenvalue weighted by molar-refractivity contribution is 6.30. The van der Waals surface area contributed by atoms with E-state index in [1.807, 2.05) is 25.1 Å². The average Bonchev–Trinajstić information content (AvgIpc) is 3.09. The molecule has 0 bridgehead atoms. The molecule has 1 atom stereocenters. The van der Waals surface area contributed by atoms with E-state index in [9.17, 15) is 9.59 Å². The van der Waals surface area contributed by atoms with E-state index in [4.69, 9.17) is 20.8 Å². The molecule has 0 radical (unpaired) electrons. The van der Waals surface area contributed by atoms with Crippen LogP contribution in [0.5, 0.6) is 5.75 Å². The maximum Gasteiger partial charge on any atom is 0.290 e. The van der Waals surface area contributed by atoms with Crippen molar-refractivity contribution in [2.75, 3.05) is 32.8 Å². The summed E-state index contributed by atoms with van der Waals surface area (Å²) in [4.78, 5) is 31.2. The molecule has 0 N–H and O–H groups in total. The molecular weight excluding hydrogens is 440 g/mol. The second kappa shape index (κ2) is 9.98. The van der Waals surface area contributed by atoms with Crippen molar-refractivity contribution in [3.63, 3.8) is 0 Å². The van der Waals surface area contributed by atoms with Gasteiger partial charge >= 0.3 is 0 Å². The van der Waals surface area contributed by atoms with Crippen molar-refractivity contribution in [2.45, 2.75) is 33.2 Å². The fourth-order valence-electron chi connectivity index (χ4n) is 4.51. The van der Waals surface area contributed by atoms with Gasteiger partial charge in [0.25, 0.3) is 5.91 Å². The van der Waals surface area contributed by atoms with Crippen LogP contribution in [-0.4, -0.2) is 48.5 Å². The van der Waals surface area contributed by atoms with E-state index in [0.717, 1.165) is 31.6 Å². The molecule has 3 aromatic rings. The second-order valence-corrected chi connectivity index (χ2v) is 8.54. The van der Waals surface area contributed by atoms with Gasteiger partial charge in [0.05, 0.1) is 23.6 Å². The maximum atomic E-state index is 13.6. The number of halogens is 1. The first-order valence-electron chi connectivity index (χ1n) is 11.5. The second-order valence-electron chi connectivity index (χ2n) is 8.10. The van der Waals surface area contributed by atoms with Crippen LogP contribution in [0.1, 0.15) is 54.9 Å². The Morgan fingerprint density at radius 1 is 1.09 bits per heavy atom. The van der Waals surface area contributed by atoms with Crippen molar-refractivity contribution in [2.24, 2.45) is 0 Å². The number of fused-ring (bicyclic) bond motifs is 2. The summed E-state index contributed by atoms with van der Waals surface area (Å²) >= 11 is 6.27. The molecule has 0 saturated heterocycles. The molecule has 0 aliphatic carbocycles. The first-order chi connectivity index (χ1) is 16.0. The van der Waals surface area contributed by atoms with Crippen LogP contribution in [0.2, 0.25) is 5.02 Å². The van der Waals surface area contributed by atoms with Crippen molar-refractivity contribution in [3.8, 4) is 5.75 Å². The molecule has 1 aromatic heterocycles. The van der Waals surface area contributed by atoms with Crippen LogP contribution < -0.4 is 10.2 Å². The van der Waals surface area contributed by atoms with Gasteiger partial charge in [0.1, 0.15) is 11.3 Å². The summed E-state index contributed by atoms with van der Waals surface area (Å²) in [5.74, 6) is 0.435. The maximum absolute atomic E-state index is 13.6. The Labute approximate surface area is 198 Å². The topological polar surface area (TPSA) is 63.0 Å². The fraction of sp³-hybridized carbons (Fsp3) is 0.385. The van der Waals surface area contributed by atoms with Crippen LogP contribution >= 0.6 is 11.6 Å². The molecule has 1 unspecified atom stereocenters.